The average molecular weight is 412 g/mol. The molecule has 1 fully saturated rings. The van der Waals surface area contributed by atoms with Gasteiger partial charge in [-0.15, -0.1) is 0 Å². The summed E-state index contributed by atoms with van der Waals surface area (Å²) >= 11 is 0. The number of pyridine rings is 1. The van der Waals surface area contributed by atoms with Gasteiger partial charge in [-0.25, -0.2) is 13.2 Å². The Labute approximate surface area is 171 Å². The monoisotopic (exact) mass is 412 g/mol. The Morgan fingerprint density at radius 3 is 2.33 bits per heavy atom. The highest BCUT2D eigenvalue weighted by Crippen LogP contribution is 2.27. The zero-order valence-corrected chi connectivity index (χ0v) is 16.3. The van der Waals surface area contributed by atoms with Crippen molar-refractivity contribution < 1.29 is 13.2 Å². The first kappa shape index (κ1) is 20.0. The van der Waals surface area contributed by atoms with E-state index in [1.54, 1.807) is 6.07 Å². The number of rotatable bonds is 3. The number of aromatic nitrogens is 1. The number of nitriles is 1. The van der Waals surface area contributed by atoms with Gasteiger partial charge in [0.1, 0.15) is 29.1 Å². The Hall–Kier alpha value is -3.31. The summed E-state index contributed by atoms with van der Waals surface area (Å²) in [5, 5.41) is 9.31. The highest BCUT2D eigenvalue weighted by molar-refractivity contribution is 5.84. The Bertz CT molecular complexity index is 1200. The molecule has 1 aliphatic rings. The quantitative estimate of drug-likeness (QED) is 0.664. The van der Waals surface area contributed by atoms with E-state index in [1.165, 1.54) is 22.9 Å². The highest BCUT2D eigenvalue weighted by atomic mass is 19.1. The van der Waals surface area contributed by atoms with E-state index in [9.17, 15) is 23.2 Å². The number of nitrogens with zero attached hydrogens (tertiary/aromatic N) is 4. The molecule has 154 valence electrons. The largest absolute Gasteiger partial charge is 0.367 e. The van der Waals surface area contributed by atoms with Gasteiger partial charge in [-0.2, -0.15) is 5.26 Å². The van der Waals surface area contributed by atoms with Gasteiger partial charge in [0.15, 0.2) is 0 Å². The normalized spacial score (nSPS) is 14.8. The predicted molar refractivity (Wildman–Crippen MR) is 108 cm³/mol. The van der Waals surface area contributed by atoms with E-state index < -0.39 is 22.9 Å². The average Bonchev–Trinajstić information content (AvgIpc) is 2.73. The summed E-state index contributed by atoms with van der Waals surface area (Å²) in [7, 11) is 1.98. The molecule has 2 aromatic carbocycles. The molecule has 8 heteroatoms. The van der Waals surface area contributed by atoms with Crippen LogP contribution in [0.15, 0.2) is 41.3 Å². The van der Waals surface area contributed by atoms with Crippen LogP contribution in [0.5, 0.6) is 0 Å². The maximum absolute atomic E-state index is 14.9. The lowest BCUT2D eigenvalue weighted by Crippen LogP contribution is -2.44. The van der Waals surface area contributed by atoms with Gasteiger partial charge >= 0.3 is 0 Å². The number of benzene rings is 2. The molecule has 2 heterocycles. The standard InChI is InChI=1S/C22H19F3N4O/c1-27-5-7-28(8-6-27)21-10-20-15(9-19(21)25)22(30)14(11-26)12-29(20)13-16-17(23)3-2-4-18(16)24/h2-4,9-10,12H,5-8,13H2,1H3. The van der Waals surface area contributed by atoms with Crippen molar-refractivity contribution in [2.75, 3.05) is 38.1 Å². The number of likely N-dealkylation sites (N-methyl/N-ethyl adjacent to an activating group) is 1. The zero-order chi connectivity index (χ0) is 21.4. The second-order valence-corrected chi connectivity index (χ2v) is 7.42. The minimum absolute atomic E-state index is 0.00109. The topological polar surface area (TPSA) is 52.3 Å². The lowest BCUT2D eigenvalue weighted by Gasteiger charge is -2.34. The van der Waals surface area contributed by atoms with Crippen molar-refractivity contribution in [3.63, 3.8) is 0 Å². The van der Waals surface area contributed by atoms with Crippen molar-refractivity contribution in [1.29, 1.82) is 5.26 Å². The van der Waals surface area contributed by atoms with Crippen LogP contribution in [0, 0.1) is 28.8 Å². The van der Waals surface area contributed by atoms with Crippen LogP contribution >= 0.6 is 0 Å². The molecule has 0 atom stereocenters. The summed E-state index contributed by atoms with van der Waals surface area (Å²) in [6, 6.07) is 7.97. The van der Waals surface area contributed by atoms with Gasteiger partial charge < -0.3 is 14.4 Å². The molecule has 3 aromatic rings. The van der Waals surface area contributed by atoms with Crippen molar-refractivity contribution >= 4 is 16.6 Å². The minimum atomic E-state index is -0.734. The van der Waals surface area contributed by atoms with Crippen LogP contribution < -0.4 is 10.3 Å². The van der Waals surface area contributed by atoms with Gasteiger partial charge in [0.05, 0.1) is 23.1 Å². The van der Waals surface area contributed by atoms with Gasteiger partial charge in [-0.05, 0) is 31.3 Å². The van der Waals surface area contributed by atoms with Gasteiger partial charge in [0, 0.05) is 37.9 Å². The fourth-order valence-electron chi connectivity index (χ4n) is 3.75. The number of halogens is 3. The summed E-state index contributed by atoms with van der Waals surface area (Å²) in [6.45, 7) is 2.51. The third kappa shape index (κ3) is 3.53. The zero-order valence-electron chi connectivity index (χ0n) is 16.3. The van der Waals surface area contributed by atoms with Crippen LogP contribution in [0.4, 0.5) is 18.9 Å². The summed E-state index contributed by atoms with van der Waals surface area (Å²) in [4.78, 5) is 16.6. The van der Waals surface area contributed by atoms with Crippen molar-refractivity contribution in [3.8, 4) is 6.07 Å². The third-order valence-electron chi connectivity index (χ3n) is 5.50. The summed E-state index contributed by atoms with van der Waals surface area (Å²) in [6.07, 6.45) is 1.27. The molecule has 0 saturated carbocycles. The highest BCUT2D eigenvalue weighted by Gasteiger charge is 2.21. The van der Waals surface area contributed by atoms with E-state index in [1.807, 2.05) is 11.9 Å². The molecule has 30 heavy (non-hydrogen) atoms. The smallest absolute Gasteiger partial charge is 0.207 e. The van der Waals surface area contributed by atoms with Gasteiger partial charge in [0.25, 0.3) is 0 Å². The minimum Gasteiger partial charge on any atom is -0.367 e. The predicted octanol–water partition coefficient (Wildman–Crippen LogP) is 3.09. The van der Waals surface area contributed by atoms with E-state index >= 15 is 0 Å². The maximum atomic E-state index is 14.9. The molecule has 0 N–H and O–H groups in total. The molecule has 1 aliphatic heterocycles. The molecule has 0 unspecified atom stereocenters. The Morgan fingerprint density at radius 1 is 1.03 bits per heavy atom. The first-order valence-corrected chi connectivity index (χ1v) is 9.52. The molecule has 1 saturated heterocycles. The van der Waals surface area contributed by atoms with E-state index in [4.69, 9.17) is 0 Å². The second-order valence-electron chi connectivity index (χ2n) is 7.42. The van der Waals surface area contributed by atoms with Crippen molar-refractivity contribution in [2.24, 2.45) is 0 Å². The lowest BCUT2D eigenvalue weighted by molar-refractivity contribution is 0.312. The molecule has 0 aliphatic carbocycles. The van der Waals surface area contributed by atoms with E-state index in [0.717, 1.165) is 31.3 Å². The van der Waals surface area contributed by atoms with Gasteiger partial charge in [-0.3, -0.25) is 4.79 Å². The summed E-state index contributed by atoms with van der Waals surface area (Å²) < 4.78 is 44.8. The summed E-state index contributed by atoms with van der Waals surface area (Å²) in [5.74, 6) is -2.04. The fraction of sp³-hybridized carbons (Fsp3) is 0.273. The molecular weight excluding hydrogens is 393 g/mol. The van der Waals surface area contributed by atoms with E-state index in [0.29, 0.717) is 24.3 Å². The first-order valence-electron chi connectivity index (χ1n) is 9.52. The number of hydrogen-bond donors (Lipinski definition) is 0. The number of anilines is 1. The van der Waals surface area contributed by atoms with Crippen LogP contribution in [0.3, 0.4) is 0 Å². The third-order valence-corrected chi connectivity index (χ3v) is 5.50. The number of piperazine rings is 1. The Morgan fingerprint density at radius 2 is 1.70 bits per heavy atom. The fourth-order valence-corrected chi connectivity index (χ4v) is 3.75. The van der Waals surface area contributed by atoms with Crippen LogP contribution in [0.1, 0.15) is 11.1 Å². The molecule has 5 nitrogen and oxygen atoms in total. The molecule has 0 amide bonds. The molecule has 0 radical (unpaired) electrons. The van der Waals surface area contributed by atoms with Crippen molar-refractivity contribution in [1.82, 2.24) is 9.47 Å². The molecule has 4 rings (SSSR count). The molecule has 0 spiro atoms. The first-order chi connectivity index (χ1) is 14.4. The maximum Gasteiger partial charge on any atom is 0.207 e. The number of hydrogen-bond acceptors (Lipinski definition) is 4. The van der Waals surface area contributed by atoms with Crippen LogP contribution in [0.2, 0.25) is 0 Å². The molecule has 0 bridgehead atoms. The number of fused-ring (bicyclic) bond motifs is 1. The van der Waals surface area contributed by atoms with Gasteiger partial charge in [0.2, 0.25) is 5.43 Å². The SMILES string of the molecule is CN1CCN(c2cc3c(cc2F)c(=O)c(C#N)cn3Cc2c(F)cccc2F)CC1. The van der Waals surface area contributed by atoms with E-state index in [-0.39, 0.29) is 23.1 Å². The Balaban J connectivity index is 1.90. The second kappa shape index (κ2) is 7.84. The lowest BCUT2D eigenvalue weighted by atomic mass is 10.1. The van der Waals surface area contributed by atoms with Crippen LogP contribution in [-0.2, 0) is 6.54 Å². The van der Waals surface area contributed by atoms with Crippen molar-refractivity contribution in [2.45, 2.75) is 6.54 Å². The molecular formula is C22H19F3N4O. The Kier molecular flexibility index (Phi) is 5.22. The van der Waals surface area contributed by atoms with E-state index in [2.05, 4.69) is 4.90 Å². The van der Waals surface area contributed by atoms with Crippen molar-refractivity contribution in [3.05, 3.63) is 75.3 Å². The molecule has 1 aromatic heterocycles. The summed E-state index contributed by atoms with van der Waals surface area (Å²) in [5.41, 5.74) is -0.385. The van der Waals surface area contributed by atoms with Gasteiger partial charge in [-0.1, -0.05) is 6.07 Å². The van der Waals surface area contributed by atoms with Crippen LogP contribution in [0.25, 0.3) is 10.9 Å². The van der Waals surface area contributed by atoms with Crippen LogP contribution in [-0.4, -0.2) is 42.7 Å².